The molecule has 0 bridgehead atoms. The molecule has 2 aromatic rings. The normalized spacial score (nSPS) is 14.1. The summed E-state index contributed by atoms with van der Waals surface area (Å²) in [5, 5.41) is 6.66. The maximum atomic E-state index is 12.0. The Hall–Kier alpha value is -3.02. The third-order valence-corrected chi connectivity index (χ3v) is 4.54. The van der Waals surface area contributed by atoms with Crippen LogP contribution < -0.4 is 15.0 Å². The van der Waals surface area contributed by atoms with Crippen molar-refractivity contribution < 1.29 is 14.4 Å². The van der Waals surface area contributed by atoms with Gasteiger partial charge in [-0.2, -0.15) is 0 Å². The molecule has 1 saturated heterocycles. The van der Waals surface area contributed by atoms with E-state index in [0.717, 1.165) is 30.1 Å². The maximum Gasteiger partial charge on any atom is 0.265 e. The molecule has 1 fully saturated rings. The molecule has 1 aliphatic heterocycles. The van der Waals surface area contributed by atoms with Crippen LogP contribution in [-0.4, -0.2) is 38.4 Å². The van der Waals surface area contributed by atoms with Gasteiger partial charge in [0.2, 0.25) is 0 Å². The van der Waals surface area contributed by atoms with E-state index in [0.29, 0.717) is 6.61 Å². The van der Waals surface area contributed by atoms with E-state index in [1.54, 1.807) is 6.21 Å². The van der Waals surface area contributed by atoms with Crippen LogP contribution >= 0.6 is 0 Å². The lowest BCUT2D eigenvalue weighted by Gasteiger charge is -2.28. The summed E-state index contributed by atoms with van der Waals surface area (Å²) in [5.41, 5.74) is 2.83. The summed E-state index contributed by atoms with van der Waals surface area (Å²) in [4.78, 5) is 19.5. The van der Waals surface area contributed by atoms with Crippen LogP contribution in [0.25, 0.3) is 0 Å². The number of oxime groups is 1. The van der Waals surface area contributed by atoms with Crippen molar-refractivity contribution in [3.63, 3.8) is 0 Å². The zero-order chi connectivity index (χ0) is 19.6. The van der Waals surface area contributed by atoms with E-state index >= 15 is 0 Å². The molecule has 0 aromatic heterocycles. The highest BCUT2D eigenvalue weighted by Crippen LogP contribution is 2.21. The van der Waals surface area contributed by atoms with Crippen LogP contribution in [0.1, 0.15) is 31.7 Å². The van der Waals surface area contributed by atoms with Crippen molar-refractivity contribution in [2.45, 2.75) is 26.2 Å². The number of carbonyl (C=O) groups is 1. The maximum absolute atomic E-state index is 12.0. The highest BCUT2D eigenvalue weighted by atomic mass is 16.6. The number of hydrogen-bond donors (Lipinski definition) is 1. The first kappa shape index (κ1) is 19.7. The first-order valence-electron chi connectivity index (χ1n) is 9.77. The predicted molar refractivity (Wildman–Crippen MR) is 112 cm³/mol. The Morgan fingerprint density at radius 1 is 1.07 bits per heavy atom. The molecule has 6 nitrogen and oxygen atoms in total. The monoisotopic (exact) mass is 381 g/mol. The topological polar surface area (TPSA) is 63.2 Å². The van der Waals surface area contributed by atoms with Gasteiger partial charge in [0.1, 0.15) is 5.75 Å². The average Bonchev–Trinajstić information content (AvgIpc) is 2.74. The van der Waals surface area contributed by atoms with Crippen molar-refractivity contribution in [2.24, 2.45) is 5.16 Å². The average molecular weight is 381 g/mol. The van der Waals surface area contributed by atoms with Crippen LogP contribution in [0.4, 0.5) is 11.4 Å². The summed E-state index contributed by atoms with van der Waals surface area (Å²) in [7, 11) is 0. The van der Waals surface area contributed by atoms with Crippen molar-refractivity contribution in [3.05, 3.63) is 54.1 Å². The first-order valence-corrected chi connectivity index (χ1v) is 9.77. The van der Waals surface area contributed by atoms with Crippen LogP contribution in [0.3, 0.4) is 0 Å². The van der Waals surface area contributed by atoms with Gasteiger partial charge in [-0.1, -0.05) is 5.16 Å². The standard InChI is InChI=1S/C22H27N3O3/c1-2-27-21-12-6-18(7-13-21)16-23-28-17-22(26)24-19-8-10-20(11-9-19)25-14-4-3-5-15-25/h6-13,16H,2-5,14-15,17H2,1H3,(H,24,26)/b23-16-. The third kappa shape index (κ3) is 6.01. The Morgan fingerprint density at radius 2 is 1.79 bits per heavy atom. The number of benzene rings is 2. The lowest BCUT2D eigenvalue weighted by Crippen LogP contribution is -2.29. The number of amides is 1. The Morgan fingerprint density at radius 3 is 2.46 bits per heavy atom. The second kappa shape index (κ2) is 10.3. The molecule has 1 N–H and O–H groups in total. The highest BCUT2D eigenvalue weighted by Gasteiger charge is 2.11. The molecule has 28 heavy (non-hydrogen) atoms. The lowest BCUT2D eigenvalue weighted by molar-refractivity contribution is -0.120. The van der Waals surface area contributed by atoms with E-state index in [1.807, 2.05) is 55.5 Å². The predicted octanol–water partition coefficient (Wildman–Crippen LogP) is 4.06. The fraction of sp³-hybridized carbons (Fsp3) is 0.364. The van der Waals surface area contributed by atoms with Gasteiger partial charge >= 0.3 is 0 Å². The van der Waals surface area contributed by atoms with Crippen molar-refractivity contribution in [2.75, 3.05) is 36.5 Å². The second-order valence-electron chi connectivity index (χ2n) is 6.65. The van der Waals surface area contributed by atoms with Gasteiger partial charge < -0.3 is 19.8 Å². The number of piperidine rings is 1. The minimum Gasteiger partial charge on any atom is -0.494 e. The van der Waals surface area contributed by atoms with Gasteiger partial charge in [0.05, 0.1) is 12.8 Å². The Bertz CT molecular complexity index is 767. The van der Waals surface area contributed by atoms with Crippen LogP contribution in [0.15, 0.2) is 53.7 Å². The molecule has 3 rings (SSSR count). The number of anilines is 2. The van der Waals surface area contributed by atoms with Crippen LogP contribution in [0.5, 0.6) is 5.75 Å². The van der Waals surface area contributed by atoms with Crippen LogP contribution in [0.2, 0.25) is 0 Å². The van der Waals surface area contributed by atoms with Gasteiger partial charge in [0.15, 0.2) is 6.61 Å². The summed E-state index contributed by atoms with van der Waals surface area (Å²) in [6.07, 6.45) is 5.36. The van der Waals surface area contributed by atoms with Gasteiger partial charge in [0, 0.05) is 24.5 Å². The smallest absolute Gasteiger partial charge is 0.265 e. The van der Waals surface area contributed by atoms with E-state index < -0.39 is 0 Å². The minimum atomic E-state index is -0.241. The molecular formula is C22H27N3O3. The van der Waals surface area contributed by atoms with Crippen molar-refractivity contribution in [3.8, 4) is 5.75 Å². The molecule has 1 heterocycles. The summed E-state index contributed by atoms with van der Waals surface area (Å²) < 4.78 is 5.38. The van der Waals surface area contributed by atoms with Gasteiger partial charge in [-0.3, -0.25) is 4.79 Å². The Balaban J connectivity index is 1.41. The zero-order valence-corrected chi connectivity index (χ0v) is 16.3. The minimum absolute atomic E-state index is 0.137. The number of carbonyl (C=O) groups excluding carboxylic acids is 1. The highest BCUT2D eigenvalue weighted by molar-refractivity contribution is 5.92. The molecule has 148 valence electrons. The fourth-order valence-electron chi connectivity index (χ4n) is 3.12. The van der Waals surface area contributed by atoms with E-state index in [9.17, 15) is 4.79 Å². The van der Waals surface area contributed by atoms with Crippen LogP contribution in [0, 0.1) is 0 Å². The lowest BCUT2D eigenvalue weighted by atomic mass is 10.1. The SMILES string of the molecule is CCOc1ccc(/C=N\OCC(=O)Nc2ccc(N3CCCCC3)cc2)cc1. The van der Waals surface area contributed by atoms with E-state index in [4.69, 9.17) is 9.57 Å². The molecule has 0 radical (unpaired) electrons. The number of nitrogens with one attached hydrogen (secondary N) is 1. The first-order chi connectivity index (χ1) is 13.7. The molecule has 0 spiro atoms. The van der Waals surface area contributed by atoms with Gasteiger partial charge in [0.25, 0.3) is 5.91 Å². The molecular weight excluding hydrogens is 354 g/mol. The summed E-state index contributed by atoms with van der Waals surface area (Å²) in [5.74, 6) is 0.570. The molecule has 0 aliphatic carbocycles. The van der Waals surface area contributed by atoms with Gasteiger partial charge in [-0.25, -0.2) is 0 Å². The van der Waals surface area contributed by atoms with Crippen molar-refractivity contribution >= 4 is 23.5 Å². The third-order valence-electron chi connectivity index (χ3n) is 4.54. The van der Waals surface area contributed by atoms with E-state index in [2.05, 4.69) is 15.4 Å². The summed E-state index contributed by atoms with van der Waals surface area (Å²) in [6, 6.07) is 15.4. The van der Waals surface area contributed by atoms with Gasteiger partial charge in [-0.15, -0.1) is 0 Å². The molecule has 1 amide bonds. The fourth-order valence-corrected chi connectivity index (χ4v) is 3.12. The molecule has 0 saturated carbocycles. The number of hydrogen-bond acceptors (Lipinski definition) is 5. The molecule has 6 heteroatoms. The molecule has 2 aromatic carbocycles. The largest absolute Gasteiger partial charge is 0.494 e. The Kier molecular flexibility index (Phi) is 7.29. The number of nitrogens with zero attached hydrogens (tertiary/aromatic N) is 2. The van der Waals surface area contributed by atoms with E-state index in [-0.39, 0.29) is 12.5 Å². The number of rotatable bonds is 8. The Labute approximate surface area is 166 Å². The molecule has 1 aliphatic rings. The van der Waals surface area contributed by atoms with E-state index in [1.165, 1.54) is 24.9 Å². The molecule has 0 atom stereocenters. The summed E-state index contributed by atoms with van der Waals surface area (Å²) in [6.45, 7) is 4.64. The quantitative estimate of drug-likeness (QED) is 0.553. The van der Waals surface area contributed by atoms with Crippen LogP contribution in [-0.2, 0) is 9.63 Å². The summed E-state index contributed by atoms with van der Waals surface area (Å²) >= 11 is 0. The zero-order valence-electron chi connectivity index (χ0n) is 16.3. The van der Waals surface area contributed by atoms with Gasteiger partial charge in [-0.05, 0) is 80.3 Å². The van der Waals surface area contributed by atoms with Crippen molar-refractivity contribution in [1.29, 1.82) is 0 Å². The number of ether oxygens (including phenoxy) is 1. The molecule has 0 unspecified atom stereocenters. The second-order valence-corrected chi connectivity index (χ2v) is 6.65. The van der Waals surface area contributed by atoms with Crippen molar-refractivity contribution in [1.82, 2.24) is 0 Å².